The normalized spacial score (nSPS) is 37.6. The first-order valence-electron chi connectivity index (χ1n) is 5.66. The molecule has 0 radical (unpaired) electrons. The highest BCUT2D eigenvalue weighted by Gasteiger charge is 2.54. The Balaban J connectivity index is 1.90. The first-order valence-corrected chi connectivity index (χ1v) is 5.66. The predicted octanol–water partition coefficient (Wildman–Crippen LogP) is 2.54. The van der Waals surface area contributed by atoms with Gasteiger partial charge in [-0.15, -0.1) is 0 Å². The van der Waals surface area contributed by atoms with E-state index in [0.29, 0.717) is 18.4 Å². The van der Waals surface area contributed by atoms with Crippen molar-refractivity contribution in [1.29, 1.82) is 0 Å². The molecule has 0 amide bonds. The number of esters is 1. The summed E-state index contributed by atoms with van der Waals surface area (Å²) in [6, 6.07) is 0. The van der Waals surface area contributed by atoms with Crippen LogP contribution in [0.1, 0.15) is 32.6 Å². The van der Waals surface area contributed by atoms with Gasteiger partial charge in [0.15, 0.2) is 0 Å². The SMILES string of the molecule is CCOC(=O)C1[C@H]2CC/C=C\CC[C@@H]12. The Bertz CT molecular complexity index is 229. The Morgan fingerprint density at radius 2 is 1.86 bits per heavy atom. The fraction of sp³-hybridized carbons (Fsp3) is 0.750. The van der Waals surface area contributed by atoms with Gasteiger partial charge in [-0.05, 0) is 44.4 Å². The van der Waals surface area contributed by atoms with E-state index in [0.717, 1.165) is 12.8 Å². The highest BCUT2D eigenvalue weighted by atomic mass is 16.5. The quantitative estimate of drug-likeness (QED) is 0.499. The second-order valence-corrected chi connectivity index (χ2v) is 4.23. The smallest absolute Gasteiger partial charge is 0.309 e. The Labute approximate surface area is 85.3 Å². The van der Waals surface area contributed by atoms with E-state index in [-0.39, 0.29) is 11.9 Å². The molecule has 0 saturated heterocycles. The third-order valence-corrected chi connectivity index (χ3v) is 3.39. The van der Waals surface area contributed by atoms with E-state index >= 15 is 0 Å². The van der Waals surface area contributed by atoms with Crippen molar-refractivity contribution >= 4 is 5.97 Å². The van der Waals surface area contributed by atoms with Crippen LogP contribution in [0.25, 0.3) is 0 Å². The summed E-state index contributed by atoms with van der Waals surface area (Å²) in [5.74, 6) is 1.53. The van der Waals surface area contributed by atoms with E-state index in [4.69, 9.17) is 4.74 Å². The standard InChI is InChI=1S/C12H18O2/c1-2-14-12(13)11-9-7-5-3-4-6-8-10(9)11/h3-4,9-11H,2,5-8H2,1H3/b4-3-/t9-,10+,11?. The number of hydrogen-bond donors (Lipinski definition) is 0. The first-order chi connectivity index (χ1) is 6.84. The van der Waals surface area contributed by atoms with Gasteiger partial charge in [0.1, 0.15) is 0 Å². The number of rotatable bonds is 2. The topological polar surface area (TPSA) is 26.3 Å². The summed E-state index contributed by atoms with van der Waals surface area (Å²) in [6.07, 6.45) is 9.11. The molecule has 1 fully saturated rings. The lowest BCUT2D eigenvalue weighted by Gasteiger charge is -1.99. The van der Waals surface area contributed by atoms with Gasteiger partial charge < -0.3 is 4.74 Å². The number of fused-ring (bicyclic) bond motifs is 1. The molecule has 0 aromatic carbocycles. The van der Waals surface area contributed by atoms with Gasteiger partial charge >= 0.3 is 5.97 Å². The monoisotopic (exact) mass is 194 g/mol. The number of ether oxygens (including phenoxy) is 1. The second kappa shape index (κ2) is 4.16. The van der Waals surface area contributed by atoms with Crippen molar-refractivity contribution in [3.05, 3.63) is 12.2 Å². The molecular weight excluding hydrogens is 176 g/mol. The van der Waals surface area contributed by atoms with Gasteiger partial charge in [0.05, 0.1) is 12.5 Å². The van der Waals surface area contributed by atoms with Crippen molar-refractivity contribution in [1.82, 2.24) is 0 Å². The lowest BCUT2D eigenvalue weighted by molar-refractivity contribution is -0.145. The number of carbonyl (C=O) groups excluding carboxylic acids is 1. The van der Waals surface area contributed by atoms with E-state index in [9.17, 15) is 4.79 Å². The highest BCUT2D eigenvalue weighted by Crippen LogP contribution is 2.53. The zero-order valence-corrected chi connectivity index (χ0v) is 8.74. The molecule has 0 aliphatic heterocycles. The maximum absolute atomic E-state index is 11.6. The van der Waals surface area contributed by atoms with Crippen molar-refractivity contribution in [2.24, 2.45) is 17.8 Å². The maximum Gasteiger partial charge on any atom is 0.309 e. The molecule has 2 aliphatic rings. The van der Waals surface area contributed by atoms with Crippen molar-refractivity contribution in [2.75, 3.05) is 6.61 Å². The summed E-state index contributed by atoms with van der Waals surface area (Å²) in [4.78, 5) is 11.6. The molecule has 3 atom stereocenters. The molecule has 0 aromatic heterocycles. The van der Waals surface area contributed by atoms with Crippen LogP contribution in [0.5, 0.6) is 0 Å². The van der Waals surface area contributed by atoms with Crippen molar-refractivity contribution < 1.29 is 9.53 Å². The summed E-state index contributed by atoms with van der Waals surface area (Å²) in [5.41, 5.74) is 0. The summed E-state index contributed by atoms with van der Waals surface area (Å²) < 4.78 is 5.08. The zero-order chi connectivity index (χ0) is 9.97. The van der Waals surface area contributed by atoms with E-state index in [2.05, 4.69) is 12.2 Å². The molecule has 2 rings (SSSR count). The van der Waals surface area contributed by atoms with Gasteiger partial charge in [-0.1, -0.05) is 12.2 Å². The van der Waals surface area contributed by atoms with Crippen LogP contribution in [-0.2, 0) is 9.53 Å². The van der Waals surface area contributed by atoms with E-state index in [1.165, 1.54) is 12.8 Å². The van der Waals surface area contributed by atoms with Crippen LogP contribution in [0.2, 0.25) is 0 Å². The molecule has 14 heavy (non-hydrogen) atoms. The van der Waals surface area contributed by atoms with Crippen molar-refractivity contribution in [2.45, 2.75) is 32.6 Å². The van der Waals surface area contributed by atoms with E-state index < -0.39 is 0 Å². The Kier molecular flexibility index (Phi) is 2.90. The van der Waals surface area contributed by atoms with E-state index in [1.54, 1.807) is 0 Å². The van der Waals surface area contributed by atoms with Gasteiger partial charge in [-0.2, -0.15) is 0 Å². The van der Waals surface area contributed by atoms with Crippen LogP contribution in [-0.4, -0.2) is 12.6 Å². The average Bonchev–Trinajstić information content (AvgIpc) is 2.77. The Hall–Kier alpha value is -0.790. The number of hydrogen-bond acceptors (Lipinski definition) is 2. The third kappa shape index (κ3) is 1.84. The Morgan fingerprint density at radius 1 is 1.29 bits per heavy atom. The van der Waals surface area contributed by atoms with Gasteiger partial charge in [0.2, 0.25) is 0 Å². The van der Waals surface area contributed by atoms with Crippen molar-refractivity contribution in [3.8, 4) is 0 Å². The zero-order valence-electron chi connectivity index (χ0n) is 8.74. The van der Waals surface area contributed by atoms with E-state index in [1.807, 2.05) is 6.92 Å². The predicted molar refractivity (Wildman–Crippen MR) is 54.7 cm³/mol. The van der Waals surface area contributed by atoms with Crippen LogP contribution < -0.4 is 0 Å². The summed E-state index contributed by atoms with van der Waals surface area (Å²) >= 11 is 0. The second-order valence-electron chi connectivity index (χ2n) is 4.23. The molecule has 0 aromatic rings. The molecular formula is C12H18O2. The molecule has 2 heteroatoms. The third-order valence-electron chi connectivity index (χ3n) is 3.39. The molecule has 1 saturated carbocycles. The number of allylic oxidation sites excluding steroid dienone is 2. The van der Waals surface area contributed by atoms with Gasteiger partial charge in [0.25, 0.3) is 0 Å². The van der Waals surface area contributed by atoms with Crippen LogP contribution in [0.3, 0.4) is 0 Å². The first kappa shape index (κ1) is 9.75. The van der Waals surface area contributed by atoms with Crippen LogP contribution in [0.4, 0.5) is 0 Å². The number of carbonyl (C=O) groups is 1. The van der Waals surface area contributed by atoms with Crippen LogP contribution in [0, 0.1) is 17.8 Å². The molecule has 2 aliphatic carbocycles. The van der Waals surface area contributed by atoms with Gasteiger partial charge in [-0.25, -0.2) is 0 Å². The molecule has 2 nitrogen and oxygen atoms in total. The maximum atomic E-state index is 11.6. The molecule has 0 N–H and O–H groups in total. The minimum absolute atomic E-state index is 0.0457. The minimum Gasteiger partial charge on any atom is -0.466 e. The van der Waals surface area contributed by atoms with Crippen LogP contribution >= 0.6 is 0 Å². The summed E-state index contributed by atoms with van der Waals surface area (Å²) in [6.45, 7) is 2.40. The Morgan fingerprint density at radius 3 is 2.36 bits per heavy atom. The molecule has 0 spiro atoms. The van der Waals surface area contributed by atoms with Gasteiger partial charge in [-0.3, -0.25) is 4.79 Å². The molecule has 0 heterocycles. The molecule has 0 bridgehead atoms. The minimum atomic E-state index is 0.0457. The fourth-order valence-corrected chi connectivity index (χ4v) is 2.63. The van der Waals surface area contributed by atoms with Crippen LogP contribution in [0.15, 0.2) is 12.2 Å². The lowest BCUT2D eigenvalue weighted by Crippen LogP contribution is -2.08. The summed E-state index contributed by atoms with van der Waals surface area (Å²) in [7, 11) is 0. The fourth-order valence-electron chi connectivity index (χ4n) is 2.63. The molecule has 1 unspecified atom stereocenters. The van der Waals surface area contributed by atoms with Gasteiger partial charge in [0, 0.05) is 0 Å². The largest absolute Gasteiger partial charge is 0.466 e. The highest BCUT2D eigenvalue weighted by molar-refractivity contribution is 5.76. The lowest BCUT2D eigenvalue weighted by atomic mass is 10.1. The summed E-state index contributed by atoms with van der Waals surface area (Å²) in [5, 5.41) is 0. The molecule has 78 valence electrons. The van der Waals surface area contributed by atoms with Crippen molar-refractivity contribution in [3.63, 3.8) is 0 Å². The average molecular weight is 194 g/mol.